The van der Waals surface area contributed by atoms with Crippen molar-refractivity contribution in [1.29, 1.82) is 0 Å². The maximum Gasteiger partial charge on any atom is 0.240 e. The molecular weight excluding hydrogens is 417 g/mol. The van der Waals surface area contributed by atoms with Crippen molar-refractivity contribution in [3.8, 4) is 11.5 Å². The fourth-order valence-corrected chi connectivity index (χ4v) is 4.62. The van der Waals surface area contributed by atoms with Gasteiger partial charge in [0.15, 0.2) is 11.6 Å². The molecule has 4 aromatic carbocycles. The number of carbonyl (C=O) groups is 1. The van der Waals surface area contributed by atoms with E-state index in [9.17, 15) is 14.3 Å². The highest BCUT2D eigenvalue weighted by atomic mass is 19.1. The third kappa shape index (κ3) is 3.52. The molecule has 1 heterocycles. The molecule has 1 N–H and O–H groups in total. The number of benzene rings is 4. The summed E-state index contributed by atoms with van der Waals surface area (Å²) in [4.78, 5) is 15.8. The zero-order valence-corrected chi connectivity index (χ0v) is 18.0. The topological polar surface area (TPSA) is 49.8 Å². The van der Waals surface area contributed by atoms with Crippen molar-refractivity contribution in [2.75, 3.05) is 12.0 Å². The molecule has 164 valence electrons. The lowest BCUT2D eigenvalue weighted by Crippen LogP contribution is -2.34. The van der Waals surface area contributed by atoms with E-state index in [0.717, 1.165) is 22.4 Å². The molecule has 0 radical (unpaired) electrons. The number of rotatable bonds is 5. The second-order valence-corrected chi connectivity index (χ2v) is 7.97. The summed E-state index contributed by atoms with van der Waals surface area (Å²) < 4.78 is 19.6. The van der Waals surface area contributed by atoms with Crippen molar-refractivity contribution in [3.63, 3.8) is 0 Å². The van der Waals surface area contributed by atoms with Crippen LogP contribution in [-0.4, -0.2) is 18.1 Å². The predicted octanol–water partition coefficient (Wildman–Crippen LogP) is 5.81. The normalized spacial score (nSPS) is 15.1. The number of amides is 1. The molecular formula is C28H22FNO3. The molecule has 5 heteroatoms. The first-order valence-corrected chi connectivity index (χ1v) is 10.7. The molecule has 1 unspecified atom stereocenters. The fourth-order valence-electron chi connectivity index (χ4n) is 4.62. The molecule has 0 fully saturated rings. The predicted molar refractivity (Wildman–Crippen MR) is 125 cm³/mol. The molecule has 4 nitrogen and oxygen atoms in total. The minimum Gasteiger partial charge on any atom is -0.507 e. The first kappa shape index (κ1) is 20.8. The van der Waals surface area contributed by atoms with E-state index in [2.05, 4.69) is 0 Å². The van der Waals surface area contributed by atoms with Gasteiger partial charge in [0.1, 0.15) is 5.75 Å². The number of anilines is 1. The second-order valence-electron chi connectivity index (χ2n) is 7.97. The van der Waals surface area contributed by atoms with Gasteiger partial charge in [-0.3, -0.25) is 9.69 Å². The van der Waals surface area contributed by atoms with E-state index in [-0.39, 0.29) is 29.0 Å². The van der Waals surface area contributed by atoms with Crippen LogP contribution in [0.4, 0.5) is 10.1 Å². The highest BCUT2D eigenvalue weighted by molar-refractivity contribution is 6.08. The Morgan fingerprint density at radius 3 is 2.03 bits per heavy atom. The molecule has 0 spiro atoms. The molecule has 0 saturated carbocycles. The summed E-state index contributed by atoms with van der Waals surface area (Å²) in [5, 5.41) is 10.7. The number of fused-ring (bicyclic) bond motifs is 1. The van der Waals surface area contributed by atoms with E-state index in [1.807, 2.05) is 84.9 Å². The zero-order chi connectivity index (χ0) is 22.9. The van der Waals surface area contributed by atoms with Crippen LogP contribution >= 0.6 is 0 Å². The number of ether oxygens (including phenoxy) is 1. The van der Waals surface area contributed by atoms with Gasteiger partial charge in [-0.15, -0.1) is 0 Å². The lowest BCUT2D eigenvalue weighted by Gasteiger charge is -2.30. The Morgan fingerprint density at radius 2 is 1.42 bits per heavy atom. The van der Waals surface area contributed by atoms with Crippen molar-refractivity contribution in [3.05, 3.63) is 125 Å². The summed E-state index contributed by atoms with van der Waals surface area (Å²) in [5.41, 5.74) is 3.59. The number of nitrogens with zero attached hydrogens (tertiary/aromatic N) is 1. The van der Waals surface area contributed by atoms with Crippen molar-refractivity contribution < 1.29 is 19.0 Å². The Balaban J connectivity index is 1.70. The van der Waals surface area contributed by atoms with Crippen LogP contribution in [0, 0.1) is 5.82 Å². The number of halogens is 1. The summed E-state index contributed by atoms with van der Waals surface area (Å²) in [6.07, 6.45) is 0. The first-order chi connectivity index (χ1) is 16.1. The molecule has 33 heavy (non-hydrogen) atoms. The molecule has 1 atom stereocenters. The summed E-state index contributed by atoms with van der Waals surface area (Å²) in [7, 11) is 1.33. The van der Waals surface area contributed by atoms with Crippen molar-refractivity contribution in [1.82, 2.24) is 0 Å². The van der Waals surface area contributed by atoms with Crippen LogP contribution in [0.15, 0.2) is 97.1 Å². The van der Waals surface area contributed by atoms with E-state index < -0.39 is 11.7 Å². The Bertz CT molecular complexity index is 1270. The highest BCUT2D eigenvalue weighted by Crippen LogP contribution is 2.49. The standard InChI is InChI=1S/C28H22FNO3/c1-33-25-17-24(31)21(16-22(25)29)26-20-14-8-9-15-23(20)30(28(26)32)27(18-10-4-2-5-11-18)19-12-6-3-7-13-19/h2-17,26-27,31H,1H3. The fraction of sp³-hybridized carbons (Fsp3) is 0.107. The summed E-state index contributed by atoms with van der Waals surface area (Å²) in [6.45, 7) is 0. The number of phenols is 1. The van der Waals surface area contributed by atoms with E-state index >= 15 is 0 Å². The molecule has 0 saturated heterocycles. The minimum atomic E-state index is -0.837. The van der Waals surface area contributed by atoms with Crippen molar-refractivity contribution in [2.24, 2.45) is 0 Å². The van der Waals surface area contributed by atoms with Crippen LogP contribution in [0.1, 0.15) is 34.2 Å². The molecule has 1 aliphatic rings. The van der Waals surface area contributed by atoms with Crippen LogP contribution in [0.2, 0.25) is 0 Å². The Hall–Kier alpha value is -4.12. The van der Waals surface area contributed by atoms with Gasteiger partial charge >= 0.3 is 0 Å². The summed E-state index contributed by atoms with van der Waals surface area (Å²) >= 11 is 0. The number of para-hydroxylation sites is 1. The number of carbonyl (C=O) groups excluding carboxylic acids is 1. The van der Waals surface area contributed by atoms with Gasteiger partial charge in [-0.2, -0.15) is 0 Å². The van der Waals surface area contributed by atoms with E-state index in [1.165, 1.54) is 19.2 Å². The molecule has 5 rings (SSSR count). The SMILES string of the molecule is COc1cc(O)c(C2C(=O)N(C(c3ccccc3)c3ccccc3)c3ccccc32)cc1F. The van der Waals surface area contributed by atoms with Crippen LogP contribution in [0.5, 0.6) is 11.5 Å². The molecule has 1 aliphatic heterocycles. The average Bonchev–Trinajstić information content (AvgIpc) is 3.13. The number of hydrogen-bond acceptors (Lipinski definition) is 3. The number of aromatic hydroxyl groups is 1. The zero-order valence-electron chi connectivity index (χ0n) is 18.0. The van der Waals surface area contributed by atoms with Gasteiger partial charge in [0, 0.05) is 17.3 Å². The van der Waals surface area contributed by atoms with Gasteiger partial charge in [-0.1, -0.05) is 78.9 Å². The number of hydrogen-bond donors (Lipinski definition) is 1. The highest BCUT2D eigenvalue weighted by Gasteiger charge is 2.43. The lowest BCUT2D eigenvalue weighted by atomic mass is 9.91. The smallest absolute Gasteiger partial charge is 0.240 e. The monoisotopic (exact) mass is 439 g/mol. The quantitative estimate of drug-likeness (QED) is 0.427. The molecule has 0 aliphatic carbocycles. The third-order valence-corrected chi connectivity index (χ3v) is 6.09. The molecule has 0 aromatic heterocycles. The van der Waals surface area contributed by atoms with Crippen LogP contribution in [0.25, 0.3) is 0 Å². The van der Waals surface area contributed by atoms with Gasteiger partial charge in [-0.05, 0) is 28.8 Å². The van der Waals surface area contributed by atoms with Gasteiger partial charge in [0.2, 0.25) is 5.91 Å². The van der Waals surface area contributed by atoms with Crippen LogP contribution < -0.4 is 9.64 Å². The summed E-state index contributed by atoms with van der Waals surface area (Å²) in [6, 6.07) is 29.1. The van der Waals surface area contributed by atoms with E-state index in [0.29, 0.717) is 0 Å². The maximum absolute atomic E-state index is 14.6. The van der Waals surface area contributed by atoms with Gasteiger partial charge in [-0.25, -0.2) is 4.39 Å². The summed E-state index contributed by atoms with van der Waals surface area (Å²) in [5.74, 6) is -1.94. The average molecular weight is 439 g/mol. The van der Waals surface area contributed by atoms with Crippen LogP contribution in [0.3, 0.4) is 0 Å². The molecule has 4 aromatic rings. The molecule has 1 amide bonds. The second kappa shape index (κ2) is 8.43. The van der Waals surface area contributed by atoms with Gasteiger partial charge in [0.05, 0.1) is 19.1 Å². The number of phenolic OH excluding ortho intramolecular Hbond substituents is 1. The minimum absolute atomic E-state index is 0.0710. The Morgan fingerprint density at radius 1 is 0.848 bits per heavy atom. The van der Waals surface area contributed by atoms with E-state index in [1.54, 1.807) is 4.90 Å². The van der Waals surface area contributed by atoms with Crippen LogP contribution in [-0.2, 0) is 4.79 Å². The Kier molecular flexibility index (Phi) is 5.31. The van der Waals surface area contributed by atoms with Crippen molar-refractivity contribution >= 4 is 11.6 Å². The van der Waals surface area contributed by atoms with Gasteiger partial charge < -0.3 is 9.84 Å². The Labute approximate surface area is 191 Å². The van der Waals surface area contributed by atoms with Gasteiger partial charge in [0.25, 0.3) is 0 Å². The third-order valence-electron chi connectivity index (χ3n) is 6.09. The van der Waals surface area contributed by atoms with E-state index in [4.69, 9.17) is 4.74 Å². The van der Waals surface area contributed by atoms with Crippen molar-refractivity contribution in [2.45, 2.75) is 12.0 Å². The largest absolute Gasteiger partial charge is 0.507 e. The first-order valence-electron chi connectivity index (χ1n) is 10.7. The lowest BCUT2D eigenvalue weighted by molar-refractivity contribution is -0.118. The molecule has 0 bridgehead atoms. The number of methoxy groups -OCH3 is 1. The maximum atomic E-state index is 14.6.